The van der Waals surface area contributed by atoms with Crippen molar-refractivity contribution < 1.29 is 17.9 Å². The summed E-state index contributed by atoms with van der Waals surface area (Å²) in [6, 6.07) is 4.46. The van der Waals surface area contributed by atoms with Gasteiger partial charge >= 0.3 is 0 Å². The SMILES string of the molecule is CCCc1nn(C)c2c(=O)[nH]c(-c3cc(S(=O)(=O)NC4CN(CCCOC)C4)ccc3OCC)nc12. The van der Waals surface area contributed by atoms with E-state index in [1.54, 1.807) is 20.2 Å². The number of H-pyrrole nitrogens is 1. The molecule has 12 heteroatoms. The van der Waals surface area contributed by atoms with Crippen LogP contribution in [-0.2, 0) is 28.2 Å². The number of likely N-dealkylation sites (tertiary alicyclic amines) is 1. The molecule has 11 nitrogen and oxygen atoms in total. The number of aryl methyl sites for hydroxylation is 2. The van der Waals surface area contributed by atoms with Crippen molar-refractivity contribution in [3.63, 3.8) is 0 Å². The zero-order chi connectivity index (χ0) is 25.9. The summed E-state index contributed by atoms with van der Waals surface area (Å²) in [6.07, 6.45) is 2.43. The van der Waals surface area contributed by atoms with Crippen molar-refractivity contribution in [1.82, 2.24) is 29.4 Å². The molecule has 0 radical (unpaired) electrons. The Hall–Kier alpha value is -2.80. The zero-order valence-corrected chi connectivity index (χ0v) is 22.0. The molecule has 1 aliphatic rings. The summed E-state index contributed by atoms with van der Waals surface area (Å²) >= 11 is 0. The van der Waals surface area contributed by atoms with E-state index in [4.69, 9.17) is 14.5 Å². The van der Waals surface area contributed by atoms with Crippen molar-refractivity contribution in [3.8, 4) is 17.1 Å². The second-order valence-corrected chi connectivity index (χ2v) is 10.7. The number of rotatable bonds is 12. The van der Waals surface area contributed by atoms with Crippen LogP contribution in [-0.4, -0.2) is 79.1 Å². The maximum absolute atomic E-state index is 13.2. The Labute approximate surface area is 210 Å². The lowest BCUT2D eigenvalue weighted by Gasteiger charge is -2.39. The first-order valence-electron chi connectivity index (χ1n) is 12.2. The van der Waals surface area contributed by atoms with Crippen molar-refractivity contribution in [2.45, 2.75) is 44.0 Å². The molecule has 0 saturated carbocycles. The van der Waals surface area contributed by atoms with Gasteiger partial charge in [-0.1, -0.05) is 13.3 Å². The molecule has 0 atom stereocenters. The van der Waals surface area contributed by atoms with Crippen LogP contribution >= 0.6 is 0 Å². The first-order chi connectivity index (χ1) is 17.3. The molecule has 0 unspecified atom stereocenters. The second kappa shape index (κ2) is 11.1. The van der Waals surface area contributed by atoms with Gasteiger partial charge in [0.05, 0.1) is 22.8 Å². The Morgan fingerprint density at radius 3 is 2.72 bits per heavy atom. The van der Waals surface area contributed by atoms with Crippen molar-refractivity contribution in [1.29, 1.82) is 0 Å². The number of methoxy groups -OCH3 is 1. The minimum atomic E-state index is -3.79. The fraction of sp³-hybridized carbons (Fsp3) is 0.542. The smallest absolute Gasteiger partial charge is 0.277 e. The van der Waals surface area contributed by atoms with E-state index >= 15 is 0 Å². The Balaban J connectivity index is 1.65. The number of nitrogens with one attached hydrogen (secondary N) is 2. The van der Waals surface area contributed by atoms with E-state index in [9.17, 15) is 13.2 Å². The number of fused-ring (bicyclic) bond motifs is 1. The molecule has 196 valence electrons. The topological polar surface area (TPSA) is 131 Å². The van der Waals surface area contributed by atoms with Crippen molar-refractivity contribution in [2.24, 2.45) is 7.05 Å². The molecule has 2 N–H and O–H groups in total. The highest BCUT2D eigenvalue weighted by Crippen LogP contribution is 2.31. The molecule has 0 amide bonds. The number of benzene rings is 1. The van der Waals surface area contributed by atoms with E-state index in [-0.39, 0.29) is 22.3 Å². The standard InChI is InChI=1S/C24H34N6O5S/c1-5-8-19-21-22(29(3)27-19)24(31)26-23(25-21)18-13-17(9-10-20(18)35-6-2)36(32,33)28-16-14-30(15-16)11-7-12-34-4/h9-10,13,16,28H,5-8,11-12,14-15H2,1-4H3,(H,25,26,31). The molecule has 4 rings (SSSR count). The van der Waals surface area contributed by atoms with Gasteiger partial charge in [-0.25, -0.2) is 18.1 Å². The summed E-state index contributed by atoms with van der Waals surface area (Å²) in [5.41, 5.74) is 1.68. The molecule has 1 aliphatic heterocycles. The van der Waals surface area contributed by atoms with Crippen LogP contribution in [0.1, 0.15) is 32.4 Å². The van der Waals surface area contributed by atoms with Crippen LogP contribution in [0.15, 0.2) is 27.9 Å². The van der Waals surface area contributed by atoms with Crippen LogP contribution in [0.2, 0.25) is 0 Å². The van der Waals surface area contributed by atoms with Crippen LogP contribution in [0.3, 0.4) is 0 Å². The fourth-order valence-corrected chi connectivity index (χ4v) is 5.71. The predicted octanol–water partition coefficient (Wildman–Crippen LogP) is 1.67. The average molecular weight is 519 g/mol. The summed E-state index contributed by atoms with van der Waals surface area (Å²) in [5, 5.41) is 4.45. The third kappa shape index (κ3) is 5.46. The molecule has 1 saturated heterocycles. The van der Waals surface area contributed by atoms with Gasteiger partial charge in [0.15, 0.2) is 5.52 Å². The largest absolute Gasteiger partial charge is 0.493 e. The Bertz CT molecular complexity index is 1380. The first-order valence-corrected chi connectivity index (χ1v) is 13.7. The summed E-state index contributed by atoms with van der Waals surface area (Å²) in [7, 11) is -0.411. The lowest BCUT2D eigenvalue weighted by Crippen LogP contribution is -2.59. The minimum Gasteiger partial charge on any atom is -0.493 e. The highest BCUT2D eigenvalue weighted by atomic mass is 32.2. The molecule has 0 spiro atoms. The predicted molar refractivity (Wildman–Crippen MR) is 137 cm³/mol. The molecular formula is C24H34N6O5S. The molecule has 0 aliphatic carbocycles. The van der Waals surface area contributed by atoms with Gasteiger partial charge in [0, 0.05) is 46.4 Å². The van der Waals surface area contributed by atoms with Gasteiger partial charge < -0.3 is 14.5 Å². The first kappa shape index (κ1) is 26.3. The maximum Gasteiger partial charge on any atom is 0.277 e. The Morgan fingerprint density at radius 2 is 2.03 bits per heavy atom. The van der Waals surface area contributed by atoms with Gasteiger partial charge in [-0.15, -0.1) is 0 Å². The van der Waals surface area contributed by atoms with Gasteiger partial charge in [-0.05, 0) is 38.0 Å². The van der Waals surface area contributed by atoms with Crippen LogP contribution in [0.25, 0.3) is 22.4 Å². The molecular weight excluding hydrogens is 484 g/mol. The number of aromatic amines is 1. The van der Waals surface area contributed by atoms with E-state index < -0.39 is 10.0 Å². The van der Waals surface area contributed by atoms with Gasteiger partial charge in [0.1, 0.15) is 17.1 Å². The zero-order valence-electron chi connectivity index (χ0n) is 21.2. The number of ether oxygens (including phenoxy) is 2. The van der Waals surface area contributed by atoms with Gasteiger partial charge in [-0.3, -0.25) is 14.4 Å². The van der Waals surface area contributed by atoms with E-state index in [0.717, 1.165) is 25.1 Å². The molecule has 3 aromatic rings. The monoisotopic (exact) mass is 518 g/mol. The van der Waals surface area contributed by atoms with E-state index in [1.807, 2.05) is 13.8 Å². The maximum atomic E-state index is 13.2. The van der Waals surface area contributed by atoms with Crippen LogP contribution in [0.5, 0.6) is 5.75 Å². The third-order valence-electron chi connectivity index (χ3n) is 6.17. The Morgan fingerprint density at radius 1 is 1.25 bits per heavy atom. The normalized spacial score (nSPS) is 14.9. The summed E-state index contributed by atoms with van der Waals surface area (Å²) in [6.45, 7) is 7.10. The van der Waals surface area contributed by atoms with Gasteiger partial charge in [0.25, 0.3) is 5.56 Å². The van der Waals surface area contributed by atoms with Crippen LogP contribution in [0.4, 0.5) is 0 Å². The van der Waals surface area contributed by atoms with Crippen LogP contribution < -0.4 is 15.0 Å². The second-order valence-electron chi connectivity index (χ2n) is 8.95. The lowest BCUT2D eigenvalue weighted by molar-refractivity contribution is 0.116. The van der Waals surface area contributed by atoms with Crippen molar-refractivity contribution in [2.75, 3.05) is 40.0 Å². The number of nitrogens with zero attached hydrogens (tertiary/aromatic N) is 4. The van der Waals surface area contributed by atoms with Crippen molar-refractivity contribution >= 4 is 21.1 Å². The quantitative estimate of drug-likeness (QED) is 0.346. The molecule has 2 aromatic heterocycles. The lowest BCUT2D eigenvalue weighted by atomic mass is 10.1. The summed E-state index contributed by atoms with van der Waals surface area (Å²) in [5.74, 6) is 0.680. The van der Waals surface area contributed by atoms with E-state index in [0.29, 0.717) is 55.1 Å². The number of hydrogen-bond donors (Lipinski definition) is 2. The molecule has 36 heavy (non-hydrogen) atoms. The average Bonchev–Trinajstić information content (AvgIpc) is 3.13. The number of hydrogen-bond acceptors (Lipinski definition) is 8. The van der Waals surface area contributed by atoms with Crippen LogP contribution in [0, 0.1) is 0 Å². The van der Waals surface area contributed by atoms with Crippen molar-refractivity contribution in [3.05, 3.63) is 34.2 Å². The Kier molecular flexibility index (Phi) is 8.08. The molecule has 0 bridgehead atoms. The highest BCUT2D eigenvalue weighted by Gasteiger charge is 2.31. The summed E-state index contributed by atoms with van der Waals surface area (Å²) < 4.78 is 41.5. The van der Waals surface area contributed by atoms with E-state index in [2.05, 4.69) is 19.7 Å². The number of aromatic nitrogens is 4. The van der Waals surface area contributed by atoms with Gasteiger partial charge in [0.2, 0.25) is 10.0 Å². The minimum absolute atomic E-state index is 0.0847. The molecule has 1 fully saturated rings. The third-order valence-corrected chi connectivity index (χ3v) is 7.69. The summed E-state index contributed by atoms with van der Waals surface area (Å²) in [4.78, 5) is 22.7. The molecule has 1 aromatic carbocycles. The molecule has 3 heterocycles. The van der Waals surface area contributed by atoms with E-state index in [1.165, 1.54) is 16.8 Å². The highest BCUT2D eigenvalue weighted by molar-refractivity contribution is 7.89. The number of sulfonamides is 1. The fourth-order valence-electron chi connectivity index (χ4n) is 4.47. The van der Waals surface area contributed by atoms with Gasteiger partial charge in [-0.2, -0.15) is 5.10 Å².